The molecule has 0 N–H and O–H groups in total. The number of Topliss-reactive ketones (excluding diaryl/α,β-unsaturated/α-hetero) is 1. The zero-order valence-electron chi connectivity index (χ0n) is 11.1. The van der Waals surface area contributed by atoms with Crippen LogP contribution in [0.25, 0.3) is 0 Å². The highest BCUT2D eigenvalue weighted by Crippen LogP contribution is 2.14. The molecule has 0 unspecified atom stereocenters. The van der Waals surface area contributed by atoms with E-state index in [1.54, 1.807) is 7.11 Å². The fourth-order valence-corrected chi connectivity index (χ4v) is 2.03. The first kappa shape index (κ1) is 13.3. The molecule has 0 fully saturated rings. The Morgan fingerprint density at radius 1 is 1.00 bits per heavy atom. The average molecular weight is 254 g/mol. The first-order chi connectivity index (χ1) is 9.28. The molecule has 2 rings (SSSR count). The molecular weight excluding hydrogens is 236 g/mol. The Balaban J connectivity index is 1.87. The fourth-order valence-electron chi connectivity index (χ4n) is 2.03. The first-order valence-corrected chi connectivity index (χ1v) is 6.46. The van der Waals surface area contributed by atoms with E-state index in [-0.39, 0.29) is 5.78 Å². The summed E-state index contributed by atoms with van der Waals surface area (Å²) in [5.41, 5.74) is 2.22. The number of ketones is 1. The third kappa shape index (κ3) is 4.25. The van der Waals surface area contributed by atoms with Crippen LogP contribution in [-0.4, -0.2) is 12.9 Å². The zero-order valence-corrected chi connectivity index (χ0v) is 11.1. The van der Waals surface area contributed by atoms with Gasteiger partial charge in [0.25, 0.3) is 0 Å². The summed E-state index contributed by atoms with van der Waals surface area (Å²) >= 11 is 0. The minimum absolute atomic E-state index is 0.261. The van der Waals surface area contributed by atoms with Gasteiger partial charge < -0.3 is 4.74 Å². The number of methoxy groups -OCH3 is 1. The fraction of sp³-hybridized carbons (Fsp3) is 0.235. The van der Waals surface area contributed by atoms with Crippen LogP contribution < -0.4 is 4.74 Å². The number of rotatable bonds is 6. The summed E-state index contributed by atoms with van der Waals surface area (Å²) in [6.45, 7) is 0. The lowest BCUT2D eigenvalue weighted by molar-refractivity contribution is -0.118. The number of hydrogen-bond acceptors (Lipinski definition) is 2. The Labute approximate surface area is 114 Å². The Bertz CT molecular complexity index is 532. The van der Waals surface area contributed by atoms with E-state index in [0.29, 0.717) is 12.8 Å². The Hall–Kier alpha value is -2.09. The van der Waals surface area contributed by atoms with Gasteiger partial charge in [-0.2, -0.15) is 0 Å². The summed E-state index contributed by atoms with van der Waals surface area (Å²) in [5.74, 6) is 1.06. The number of aryl methyl sites for hydroxylation is 1. The SMILES string of the molecule is COc1cccc(CC(=O)CCc2ccccc2)c1. The van der Waals surface area contributed by atoms with E-state index < -0.39 is 0 Å². The van der Waals surface area contributed by atoms with Crippen LogP contribution in [0.15, 0.2) is 54.6 Å². The molecule has 0 radical (unpaired) electrons. The van der Waals surface area contributed by atoms with Gasteiger partial charge in [0.1, 0.15) is 11.5 Å². The molecule has 0 amide bonds. The van der Waals surface area contributed by atoms with Crippen molar-refractivity contribution in [2.24, 2.45) is 0 Å². The van der Waals surface area contributed by atoms with Gasteiger partial charge >= 0.3 is 0 Å². The predicted molar refractivity (Wildman–Crippen MR) is 76.5 cm³/mol. The van der Waals surface area contributed by atoms with Gasteiger partial charge in [-0.25, -0.2) is 0 Å². The summed E-state index contributed by atoms with van der Waals surface area (Å²) in [6, 6.07) is 17.8. The molecule has 19 heavy (non-hydrogen) atoms. The minimum Gasteiger partial charge on any atom is -0.497 e. The summed E-state index contributed by atoms with van der Waals surface area (Å²) < 4.78 is 5.15. The van der Waals surface area contributed by atoms with Gasteiger partial charge in [0.15, 0.2) is 0 Å². The summed E-state index contributed by atoms with van der Waals surface area (Å²) in [5, 5.41) is 0. The van der Waals surface area contributed by atoms with E-state index >= 15 is 0 Å². The van der Waals surface area contributed by atoms with Crippen molar-refractivity contribution in [3.8, 4) is 5.75 Å². The van der Waals surface area contributed by atoms with E-state index in [2.05, 4.69) is 12.1 Å². The maximum absolute atomic E-state index is 11.9. The van der Waals surface area contributed by atoms with Crippen molar-refractivity contribution in [1.82, 2.24) is 0 Å². The standard InChI is InChI=1S/C17H18O2/c1-19-17-9-5-8-15(13-17)12-16(18)11-10-14-6-3-2-4-7-14/h2-9,13H,10-12H2,1H3. The quantitative estimate of drug-likeness (QED) is 0.789. The Kier molecular flexibility index (Phi) is 4.73. The van der Waals surface area contributed by atoms with Gasteiger partial charge in [0, 0.05) is 12.8 Å². The number of carbonyl (C=O) groups excluding carboxylic acids is 1. The highest BCUT2D eigenvalue weighted by atomic mass is 16.5. The molecule has 0 aromatic heterocycles. The van der Waals surface area contributed by atoms with Gasteiger partial charge in [0.2, 0.25) is 0 Å². The molecule has 0 heterocycles. The maximum atomic E-state index is 11.9. The van der Waals surface area contributed by atoms with Crippen LogP contribution in [0.1, 0.15) is 17.5 Å². The molecule has 2 aromatic carbocycles. The van der Waals surface area contributed by atoms with Crippen LogP contribution in [0.4, 0.5) is 0 Å². The molecule has 0 bridgehead atoms. The Morgan fingerprint density at radius 2 is 1.74 bits per heavy atom. The molecule has 0 aliphatic rings. The van der Waals surface area contributed by atoms with Crippen molar-refractivity contribution in [3.63, 3.8) is 0 Å². The van der Waals surface area contributed by atoms with E-state index in [1.165, 1.54) is 5.56 Å². The normalized spacial score (nSPS) is 10.2. The number of hydrogen-bond donors (Lipinski definition) is 0. The number of carbonyl (C=O) groups is 1. The van der Waals surface area contributed by atoms with Gasteiger partial charge in [-0.15, -0.1) is 0 Å². The number of benzene rings is 2. The van der Waals surface area contributed by atoms with Crippen molar-refractivity contribution in [2.75, 3.05) is 7.11 Å². The van der Waals surface area contributed by atoms with E-state index in [1.807, 2.05) is 42.5 Å². The van der Waals surface area contributed by atoms with E-state index in [4.69, 9.17) is 4.74 Å². The first-order valence-electron chi connectivity index (χ1n) is 6.46. The summed E-state index contributed by atoms with van der Waals surface area (Å²) in [7, 11) is 1.64. The van der Waals surface area contributed by atoms with Gasteiger partial charge in [0.05, 0.1) is 7.11 Å². The number of ether oxygens (including phenoxy) is 1. The molecule has 0 saturated carbocycles. The predicted octanol–water partition coefficient (Wildman–Crippen LogP) is 3.44. The monoisotopic (exact) mass is 254 g/mol. The highest BCUT2D eigenvalue weighted by Gasteiger charge is 2.05. The maximum Gasteiger partial charge on any atom is 0.137 e. The molecule has 0 saturated heterocycles. The summed E-state index contributed by atoms with van der Waals surface area (Å²) in [4.78, 5) is 11.9. The second kappa shape index (κ2) is 6.74. The zero-order chi connectivity index (χ0) is 13.5. The van der Waals surface area contributed by atoms with Gasteiger partial charge in [-0.05, 0) is 29.7 Å². The lowest BCUT2D eigenvalue weighted by atomic mass is 10.0. The van der Waals surface area contributed by atoms with Crippen LogP contribution in [0.5, 0.6) is 5.75 Å². The van der Waals surface area contributed by atoms with Crippen LogP contribution in [0.2, 0.25) is 0 Å². The molecule has 0 aliphatic carbocycles. The van der Waals surface area contributed by atoms with E-state index in [0.717, 1.165) is 17.7 Å². The van der Waals surface area contributed by atoms with Crippen molar-refractivity contribution in [3.05, 3.63) is 65.7 Å². The van der Waals surface area contributed by atoms with Gasteiger partial charge in [-0.1, -0.05) is 42.5 Å². The lowest BCUT2D eigenvalue weighted by Crippen LogP contribution is -2.04. The molecule has 2 aromatic rings. The molecular formula is C17H18O2. The molecule has 98 valence electrons. The van der Waals surface area contributed by atoms with Crippen LogP contribution in [0.3, 0.4) is 0 Å². The second-order valence-electron chi connectivity index (χ2n) is 4.55. The van der Waals surface area contributed by atoms with E-state index in [9.17, 15) is 4.79 Å². The molecule has 2 nitrogen and oxygen atoms in total. The third-order valence-electron chi connectivity index (χ3n) is 3.07. The van der Waals surface area contributed by atoms with Crippen LogP contribution in [0, 0.1) is 0 Å². The van der Waals surface area contributed by atoms with Crippen LogP contribution >= 0.6 is 0 Å². The second-order valence-corrected chi connectivity index (χ2v) is 4.55. The smallest absolute Gasteiger partial charge is 0.137 e. The average Bonchev–Trinajstić information content (AvgIpc) is 2.46. The molecule has 0 aliphatic heterocycles. The van der Waals surface area contributed by atoms with Crippen molar-refractivity contribution in [1.29, 1.82) is 0 Å². The van der Waals surface area contributed by atoms with Gasteiger partial charge in [-0.3, -0.25) is 4.79 Å². The topological polar surface area (TPSA) is 26.3 Å². The minimum atomic E-state index is 0.261. The van der Waals surface area contributed by atoms with Crippen molar-refractivity contribution < 1.29 is 9.53 Å². The van der Waals surface area contributed by atoms with Crippen molar-refractivity contribution in [2.45, 2.75) is 19.3 Å². The largest absolute Gasteiger partial charge is 0.497 e. The lowest BCUT2D eigenvalue weighted by Gasteiger charge is -2.04. The summed E-state index contributed by atoms with van der Waals surface area (Å²) in [6.07, 6.45) is 1.87. The molecule has 0 atom stereocenters. The molecule has 2 heteroatoms. The highest BCUT2D eigenvalue weighted by molar-refractivity contribution is 5.81. The Morgan fingerprint density at radius 3 is 2.47 bits per heavy atom. The molecule has 0 spiro atoms. The van der Waals surface area contributed by atoms with Crippen molar-refractivity contribution >= 4 is 5.78 Å². The third-order valence-corrected chi connectivity index (χ3v) is 3.07. The van der Waals surface area contributed by atoms with Crippen LogP contribution in [-0.2, 0) is 17.6 Å².